The minimum absolute atomic E-state index is 0.182. The van der Waals surface area contributed by atoms with Crippen LogP contribution in [-0.2, 0) is 20.0 Å². The van der Waals surface area contributed by atoms with E-state index in [1.165, 1.54) is 0 Å². The first-order valence-electron chi connectivity index (χ1n) is 11.9. The molecule has 0 spiro atoms. The number of benzene rings is 1. The molecule has 1 aliphatic heterocycles. The van der Waals surface area contributed by atoms with Gasteiger partial charge in [0.2, 0.25) is 0 Å². The Balaban J connectivity index is 1.48. The number of para-hydroxylation sites is 1. The summed E-state index contributed by atoms with van der Waals surface area (Å²) in [6, 6.07) is 11.3. The fraction of sp³-hybridized carbons (Fsp3) is 0.308. The summed E-state index contributed by atoms with van der Waals surface area (Å²) in [5.41, 5.74) is 11.5. The Morgan fingerprint density at radius 2 is 2.08 bits per heavy atom. The second-order valence-corrected chi connectivity index (χ2v) is 9.34. The summed E-state index contributed by atoms with van der Waals surface area (Å²) in [4.78, 5) is 24.5. The predicted octanol–water partition coefficient (Wildman–Crippen LogP) is 3.23. The zero-order valence-electron chi connectivity index (χ0n) is 20.1. The lowest BCUT2D eigenvalue weighted by Gasteiger charge is -2.29. The Bertz CT molecular complexity index is 1600. The van der Waals surface area contributed by atoms with E-state index in [2.05, 4.69) is 34.8 Å². The number of nitrogens with zero attached hydrogens (tertiary/aromatic N) is 6. The summed E-state index contributed by atoms with van der Waals surface area (Å²) in [5, 5.41) is 4.95. The molecule has 4 aromatic heterocycles. The highest BCUT2D eigenvalue weighted by atomic mass is 19.1. The number of amides is 1. The second kappa shape index (κ2) is 8.56. The summed E-state index contributed by atoms with van der Waals surface area (Å²) in [6.07, 6.45) is 2.22. The van der Waals surface area contributed by atoms with Gasteiger partial charge >= 0.3 is 0 Å². The molecule has 10 heteroatoms. The molecule has 2 N–H and O–H groups in total. The summed E-state index contributed by atoms with van der Waals surface area (Å²) < 4.78 is 22.5. The van der Waals surface area contributed by atoms with Gasteiger partial charge in [0.1, 0.15) is 12.2 Å². The van der Waals surface area contributed by atoms with Crippen LogP contribution >= 0.6 is 0 Å². The van der Waals surface area contributed by atoms with Gasteiger partial charge in [-0.15, -0.1) is 0 Å². The molecule has 9 nitrogen and oxygen atoms in total. The molecule has 1 atom stereocenters. The molecular formula is C26H26FN7O2. The van der Waals surface area contributed by atoms with Crippen LogP contribution in [0, 0.1) is 6.92 Å². The van der Waals surface area contributed by atoms with E-state index < -0.39 is 12.7 Å². The fourth-order valence-electron chi connectivity index (χ4n) is 5.11. The molecule has 0 fully saturated rings. The van der Waals surface area contributed by atoms with Crippen LogP contribution < -0.4 is 5.73 Å². The van der Waals surface area contributed by atoms with E-state index in [9.17, 15) is 9.18 Å². The van der Waals surface area contributed by atoms with Crippen LogP contribution in [0.5, 0.6) is 0 Å². The van der Waals surface area contributed by atoms with Gasteiger partial charge in [-0.25, -0.2) is 14.4 Å². The summed E-state index contributed by atoms with van der Waals surface area (Å²) in [6.45, 7) is 2.56. The number of hydrogen-bond acceptors (Lipinski definition) is 6. The zero-order valence-corrected chi connectivity index (χ0v) is 20.1. The van der Waals surface area contributed by atoms with Gasteiger partial charge in [-0.05, 0) is 24.6 Å². The molecule has 0 aliphatic carbocycles. The topological polar surface area (TPSA) is 108 Å². The van der Waals surface area contributed by atoms with E-state index in [0.29, 0.717) is 36.2 Å². The van der Waals surface area contributed by atoms with E-state index in [1.54, 1.807) is 17.2 Å². The molecular weight excluding hydrogens is 461 g/mol. The number of rotatable bonds is 6. The Labute approximate surface area is 206 Å². The largest absolute Gasteiger partial charge is 0.359 e. The molecule has 36 heavy (non-hydrogen) atoms. The van der Waals surface area contributed by atoms with Crippen molar-refractivity contribution in [3.05, 3.63) is 65.2 Å². The average Bonchev–Trinajstić information content (AvgIpc) is 3.59. The molecule has 1 aliphatic rings. The van der Waals surface area contributed by atoms with Crippen LogP contribution in [0.3, 0.4) is 0 Å². The van der Waals surface area contributed by atoms with Gasteiger partial charge in [-0.3, -0.25) is 4.79 Å². The van der Waals surface area contributed by atoms with Crippen molar-refractivity contribution in [1.29, 1.82) is 0 Å². The number of alkyl halides is 1. The number of hydrogen-bond donors (Lipinski definition) is 1. The highest BCUT2D eigenvalue weighted by Gasteiger charge is 2.29. The van der Waals surface area contributed by atoms with E-state index in [-0.39, 0.29) is 12.5 Å². The molecule has 0 bridgehead atoms. The number of aryl methyl sites for hydroxylation is 2. The second-order valence-electron chi connectivity index (χ2n) is 9.34. The van der Waals surface area contributed by atoms with E-state index in [0.717, 1.165) is 39.4 Å². The lowest BCUT2D eigenvalue weighted by atomic mass is 10.0. The van der Waals surface area contributed by atoms with Crippen LogP contribution in [0.15, 0.2) is 47.1 Å². The number of carbonyl (C=O) groups excluding carboxylic acids is 1. The third kappa shape index (κ3) is 3.56. The van der Waals surface area contributed by atoms with Gasteiger partial charge in [0, 0.05) is 38.0 Å². The maximum Gasteiger partial charge on any atom is 0.255 e. The fourth-order valence-corrected chi connectivity index (χ4v) is 5.11. The van der Waals surface area contributed by atoms with Gasteiger partial charge in [0.25, 0.3) is 5.91 Å². The molecule has 5 heterocycles. The minimum atomic E-state index is -0.691. The molecule has 184 valence electrons. The highest BCUT2D eigenvalue weighted by molar-refractivity contribution is 5.99. The first-order chi connectivity index (χ1) is 17.4. The normalized spacial score (nSPS) is 14.7. The Kier molecular flexibility index (Phi) is 5.33. The number of carbonyl (C=O) groups is 1. The predicted molar refractivity (Wildman–Crippen MR) is 133 cm³/mol. The molecule has 0 unspecified atom stereocenters. The number of pyridine rings is 1. The minimum Gasteiger partial charge on any atom is -0.359 e. The van der Waals surface area contributed by atoms with Crippen molar-refractivity contribution >= 4 is 28.0 Å². The quantitative estimate of drug-likeness (QED) is 0.394. The molecule has 0 saturated heterocycles. The number of nitrogens with two attached hydrogens (primary N) is 1. The molecule has 1 amide bonds. The molecule has 0 saturated carbocycles. The summed E-state index contributed by atoms with van der Waals surface area (Å²) in [5.74, 6) is 1.29. The number of imidazole rings is 1. The van der Waals surface area contributed by atoms with Crippen LogP contribution in [-0.4, -0.2) is 60.9 Å². The van der Waals surface area contributed by atoms with E-state index in [4.69, 9.17) is 20.2 Å². The maximum atomic E-state index is 13.1. The smallest absolute Gasteiger partial charge is 0.255 e. The molecule has 5 aromatic rings. The van der Waals surface area contributed by atoms with Gasteiger partial charge in [-0.1, -0.05) is 23.4 Å². The Morgan fingerprint density at radius 1 is 1.22 bits per heavy atom. The monoisotopic (exact) mass is 487 g/mol. The van der Waals surface area contributed by atoms with E-state index in [1.807, 2.05) is 23.7 Å². The van der Waals surface area contributed by atoms with Crippen LogP contribution in [0.25, 0.3) is 33.6 Å². The summed E-state index contributed by atoms with van der Waals surface area (Å²) >= 11 is 0. The van der Waals surface area contributed by atoms with Crippen molar-refractivity contribution in [3.63, 3.8) is 0 Å². The third-order valence-corrected chi connectivity index (χ3v) is 6.87. The Morgan fingerprint density at radius 3 is 2.86 bits per heavy atom. The van der Waals surface area contributed by atoms with Crippen LogP contribution in [0.4, 0.5) is 4.39 Å². The van der Waals surface area contributed by atoms with E-state index >= 15 is 0 Å². The third-order valence-electron chi connectivity index (χ3n) is 6.87. The van der Waals surface area contributed by atoms with Crippen molar-refractivity contribution in [2.75, 3.05) is 19.8 Å². The lowest BCUT2D eigenvalue weighted by molar-refractivity contribution is 0.0723. The van der Waals surface area contributed by atoms with Crippen molar-refractivity contribution < 1.29 is 13.7 Å². The zero-order chi connectivity index (χ0) is 25.0. The molecule has 1 aromatic carbocycles. The first kappa shape index (κ1) is 22.4. The van der Waals surface area contributed by atoms with Gasteiger partial charge in [-0.2, -0.15) is 0 Å². The van der Waals surface area contributed by atoms with Gasteiger partial charge < -0.3 is 24.3 Å². The first-order valence-corrected chi connectivity index (χ1v) is 11.9. The SMILES string of the molecule is Cc1cccc2cc(-c3nc4cc5c(nc4n3C)CCN(C[C@H](N)CF)C5=O)n(Cc3ccno3)c12. The number of fused-ring (bicyclic) bond motifs is 3. The van der Waals surface area contributed by atoms with Crippen molar-refractivity contribution in [3.8, 4) is 11.5 Å². The Hall–Kier alpha value is -4.05. The number of halogens is 1. The molecule has 6 rings (SSSR count). The van der Waals surface area contributed by atoms with Crippen molar-refractivity contribution in [2.45, 2.75) is 25.9 Å². The van der Waals surface area contributed by atoms with Crippen LogP contribution in [0.2, 0.25) is 0 Å². The van der Waals surface area contributed by atoms with Gasteiger partial charge in [0.15, 0.2) is 17.2 Å². The summed E-state index contributed by atoms with van der Waals surface area (Å²) in [7, 11) is 1.94. The van der Waals surface area contributed by atoms with Crippen molar-refractivity contribution in [1.82, 2.24) is 29.2 Å². The average molecular weight is 488 g/mol. The van der Waals surface area contributed by atoms with Gasteiger partial charge in [0.05, 0.1) is 41.3 Å². The number of aromatic nitrogens is 5. The maximum absolute atomic E-state index is 13.1. The van der Waals surface area contributed by atoms with Crippen molar-refractivity contribution in [2.24, 2.45) is 12.8 Å². The molecule has 0 radical (unpaired) electrons. The van der Waals surface area contributed by atoms with Crippen LogP contribution in [0.1, 0.15) is 27.4 Å². The highest BCUT2D eigenvalue weighted by Crippen LogP contribution is 2.33. The standard InChI is InChI=1S/C26H26FN7O2/c1-15-4-3-5-16-10-22(34(23(15)16)14-18-6-8-29-36-18)25-31-21-11-19-20(30-24(21)32(25)2)7-9-33(26(19)35)13-17(28)12-27/h3-6,8,10-11,17H,7,9,12-14,28H2,1-2H3/t17-/m1/s1. The lowest BCUT2D eigenvalue weighted by Crippen LogP contribution is -2.45.